The summed E-state index contributed by atoms with van der Waals surface area (Å²) in [7, 11) is 0. The fraction of sp³-hybridized carbons (Fsp3) is 0.0769. The van der Waals surface area contributed by atoms with Crippen LogP contribution >= 0.6 is 0 Å². The number of hydrogen-bond donors (Lipinski definition) is 3. The van der Waals surface area contributed by atoms with Gasteiger partial charge >= 0.3 is 6.03 Å². The van der Waals surface area contributed by atoms with Crippen molar-refractivity contribution in [3.63, 3.8) is 0 Å². The van der Waals surface area contributed by atoms with E-state index in [2.05, 4.69) is 10.4 Å². The van der Waals surface area contributed by atoms with Gasteiger partial charge in [-0.25, -0.2) is 4.79 Å². The lowest BCUT2D eigenvalue weighted by Crippen LogP contribution is -2.21. The van der Waals surface area contributed by atoms with Crippen molar-refractivity contribution >= 4 is 17.6 Å². The van der Waals surface area contributed by atoms with E-state index in [1.165, 1.54) is 12.3 Å². The zero-order chi connectivity index (χ0) is 14.5. The Balaban J connectivity index is 2.10. The molecule has 103 valence electrons. The van der Waals surface area contributed by atoms with Gasteiger partial charge in [-0.2, -0.15) is 9.78 Å². The van der Waals surface area contributed by atoms with E-state index in [0.29, 0.717) is 12.2 Å². The van der Waals surface area contributed by atoms with Gasteiger partial charge in [0.15, 0.2) is 5.69 Å². The Labute approximate surface area is 115 Å². The van der Waals surface area contributed by atoms with Gasteiger partial charge in [-0.05, 0) is 30.3 Å². The molecule has 0 saturated heterocycles. The Hall–Kier alpha value is -2.67. The first kappa shape index (κ1) is 13.8. The maximum atomic E-state index is 11.9. The summed E-state index contributed by atoms with van der Waals surface area (Å²) >= 11 is 0. The van der Waals surface area contributed by atoms with Gasteiger partial charge in [0.1, 0.15) is 0 Å². The van der Waals surface area contributed by atoms with Crippen LogP contribution in [0.4, 0.5) is 10.5 Å². The van der Waals surface area contributed by atoms with Crippen molar-refractivity contribution in [2.45, 2.75) is 0 Å². The van der Waals surface area contributed by atoms with E-state index in [-0.39, 0.29) is 5.69 Å². The van der Waals surface area contributed by atoms with Gasteiger partial charge in [0.2, 0.25) is 0 Å². The zero-order valence-corrected chi connectivity index (χ0v) is 10.6. The highest BCUT2D eigenvalue weighted by molar-refractivity contribution is 6.03. The molecule has 0 atom stereocenters. The van der Waals surface area contributed by atoms with Gasteiger partial charge < -0.3 is 16.8 Å². The average Bonchev–Trinajstić information content (AvgIpc) is 2.89. The van der Waals surface area contributed by atoms with E-state index in [0.717, 1.165) is 10.2 Å². The fourth-order valence-corrected chi connectivity index (χ4v) is 1.64. The number of nitrogens with one attached hydrogen (secondary N) is 1. The summed E-state index contributed by atoms with van der Waals surface area (Å²) in [6.45, 7) is 0.417. The summed E-state index contributed by atoms with van der Waals surface area (Å²) in [6, 6.07) is 7.88. The molecule has 0 unspecified atom stereocenters. The summed E-state index contributed by atoms with van der Waals surface area (Å²) in [5.74, 6) is -0.421. The van der Waals surface area contributed by atoms with Crippen LogP contribution in [0, 0.1) is 6.42 Å². The van der Waals surface area contributed by atoms with Crippen LogP contribution in [0.3, 0.4) is 0 Å². The summed E-state index contributed by atoms with van der Waals surface area (Å²) in [5.41, 5.74) is 12.1. The average molecular weight is 272 g/mol. The molecule has 0 fully saturated rings. The minimum atomic E-state index is -0.747. The smallest absolute Gasteiger partial charge is 0.339 e. The quantitative estimate of drug-likeness (QED) is 0.754. The van der Waals surface area contributed by atoms with Crippen molar-refractivity contribution in [2.75, 3.05) is 11.9 Å². The number of nitrogens with zero attached hydrogens (tertiary/aromatic N) is 2. The SMILES string of the molecule is NC[CH]c1cccc(NC(=O)c2ccn(C(N)=O)n2)c1. The lowest BCUT2D eigenvalue weighted by atomic mass is 10.1. The first-order valence-electron chi connectivity index (χ1n) is 5.90. The fourth-order valence-electron chi connectivity index (χ4n) is 1.64. The monoisotopic (exact) mass is 272 g/mol. The maximum Gasteiger partial charge on any atom is 0.339 e. The van der Waals surface area contributed by atoms with E-state index in [9.17, 15) is 9.59 Å². The second kappa shape index (κ2) is 5.98. The zero-order valence-electron chi connectivity index (χ0n) is 10.6. The molecule has 2 amide bonds. The summed E-state index contributed by atoms with van der Waals surface area (Å²) in [6.07, 6.45) is 3.16. The molecule has 1 aromatic heterocycles. The van der Waals surface area contributed by atoms with E-state index in [4.69, 9.17) is 11.5 Å². The van der Waals surface area contributed by atoms with Gasteiger partial charge in [0.25, 0.3) is 5.91 Å². The minimum absolute atomic E-state index is 0.108. The number of primary amides is 1. The van der Waals surface area contributed by atoms with E-state index >= 15 is 0 Å². The van der Waals surface area contributed by atoms with Crippen LogP contribution < -0.4 is 16.8 Å². The van der Waals surface area contributed by atoms with E-state index < -0.39 is 11.9 Å². The Morgan fingerprint density at radius 1 is 1.35 bits per heavy atom. The first-order chi connectivity index (χ1) is 9.60. The van der Waals surface area contributed by atoms with Crippen molar-refractivity contribution < 1.29 is 9.59 Å². The minimum Gasteiger partial charge on any atom is -0.350 e. The number of benzene rings is 1. The molecule has 2 rings (SSSR count). The molecule has 0 bridgehead atoms. The van der Waals surface area contributed by atoms with Gasteiger partial charge in [-0.15, -0.1) is 0 Å². The molecule has 5 N–H and O–H groups in total. The highest BCUT2D eigenvalue weighted by Crippen LogP contribution is 2.12. The molecule has 0 spiro atoms. The second-order valence-corrected chi connectivity index (χ2v) is 4.00. The van der Waals surface area contributed by atoms with Gasteiger partial charge in [-0.1, -0.05) is 12.1 Å². The standard InChI is InChI=1S/C13H14N5O2/c14-6-4-9-2-1-3-10(8-9)16-12(19)11-5-7-18(17-11)13(15)20/h1-5,7-8H,6,14H2,(H2,15,20)(H,16,19). The lowest BCUT2D eigenvalue weighted by molar-refractivity contribution is 0.102. The second-order valence-electron chi connectivity index (χ2n) is 4.00. The Kier molecular flexibility index (Phi) is 4.11. The number of nitrogens with two attached hydrogens (primary N) is 2. The number of anilines is 1. The van der Waals surface area contributed by atoms with E-state index in [1.54, 1.807) is 18.2 Å². The van der Waals surface area contributed by atoms with Crippen LogP contribution in [0.2, 0.25) is 0 Å². The van der Waals surface area contributed by atoms with Crippen molar-refractivity contribution in [3.8, 4) is 0 Å². The third-order valence-corrected chi connectivity index (χ3v) is 2.55. The highest BCUT2D eigenvalue weighted by atomic mass is 16.2. The van der Waals surface area contributed by atoms with Gasteiger partial charge in [0.05, 0.1) is 0 Å². The normalized spacial score (nSPS) is 10.2. The third kappa shape index (κ3) is 3.21. The molecule has 1 aromatic carbocycles. The number of hydrogen-bond acceptors (Lipinski definition) is 4. The molecule has 0 aliphatic rings. The highest BCUT2D eigenvalue weighted by Gasteiger charge is 2.11. The topological polar surface area (TPSA) is 116 Å². The van der Waals surface area contributed by atoms with Crippen LogP contribution in [-0.2, 0) is 0 Å². The molecule has 0 aliphatic carbocycles. The predicted molar refractivity (Wildman–Crippen MR) is 74.1 cm³/mol. The number of carbonyl (C=O) groups is 2. The number of aromatic nitrogens is 2. The predicted octanol–water partition coefficient (Wildman–Crippen LogP) is 0.573. The van der Waals surface area contributed by atoms with Crippen molar-refractivity contribution in [1.29, 1.82) is 0 Å². The number of amides is 2. The molecule has 1 heterocycles. The van der Waals surface area contributed by atoms with Crippen LogP contribution in [0.15, 0.2) is 36.5 Å². The Morgan fingerprint density at radius 3 is 2.80 bits per heavy atom. The van der Waals surface area contributed by atoms with Crippen molar-refractivity contribution in [2.24, 2.45) is 11.5 Å². The van der Waals surface area contributed by atoms with E-state index in [1.807, 2.05) is 12.5 Å². The van der Waals surface area contributed by atoms with Gasteiger partial charge in [0, 0.05) is 18.3 Å². The van der Waals surface area contributed by atoms with Crippen LogP contribution in [-0.4, -0.2) is 28.3 Å². The molecule has 2 aromatic rings. The summed E-state index contributed by atoms with van der Waals surface area (Å²) in [5, 5.41) is 6.45. The van der Waals surface area contributed by atoms with Crippen LogP contribution in [0.5, 0.6) is 0 Å². The molecule has 1 radical (unpaired) electrons. The molecule has 20 heavy (non-hydrogen) atoms. The lowest BCUT2D eigenvalue weighted by Gasteiger charge is -2.05. The molecular formula is C13H14N5O2. The van der Waals surface area contributed by atoms with Gasteiger partial charge in [-0.3, -0.25) is 4.79 Å². The van der Waals surface area contributed by atoms with Crippen LogP contribution in [0.1, 0.15) is 16.1 Å². The maximum absolute atomic E-state index is 11.9. The molecule has 0 aliphatic heterocycles. The van der Waals surface area contributed by atoms with Crippen LogP contribution in [0.25, 0.3) is 0 Å². The molecule has 7 nitrogen and oxygen atoms in total. The molecule has 7 heteroatoms. The molecule has 0 saturated carbocycles. The Bertz CT molecular complexity index is 635. The number of rotatable bonds is 4. The first-order valence-corrected chi connectivity index (χ1v) is 5.90. The van der Waals surface area contributed by atoms with Crippen molar-refractivity contribution in [1.82, 2.24) is 9.78 Å². The summed E-state index contributed by atoms with van der Waals surface area (Å²) in [4.78, 5) is 22.8. The molecular weight excluding hydrogens is 258 g/mol. The number of carbonyl (C=O) groups excluding carboxylic acids is 2. The summed E-state index contributed by atoms with van der Waals surface area (Å²) < 4.78 is 0.896. The third-order valence-electron chi connectivity index (χ3n) is 2.55. The Morgan fingerprint density at radius 2 is 2.15 bits per heavy atom. The largest absolute Gasteiger partial charge is 0.350 e. The van der Waals surface area contributed by atoms with Crippen molar-refractivity contribution in [3.05, 3.63) is 54.2 Å².